The van der Waals surface area contributed by atoms with Gasteiger partial charge in [-0.3, -0.25) is 0 Å². The Bertz CT molecular complexity index is 538. The molecule has 0 unspecified atom stereocenters. The van der Waals surface area contributed by atoms with Crippen LogP contribution in [0.4, 0.5) is 0 Å². The van der Waals surface area contributed by atoms with Crippen molar-refractivity contribution in [3.63, 3.8) is 0 Å². The molecule has 0 aliphatic rings. The van der Waals surface area contributed by atoms with Crippen molar-refractivity contribution in [3.8, 4) is 11.3 Å². The number of aryl methyl sites for hydroxylation is 1. The normalized spacial score (nSPS) is 10.4. The summed E-state index contributed by atoms with van der Waals surface area (Å²) in [4.78, 5) is 10.7. The first-order chi connectivity index (χ1) is 7.59. The maximum Gasteiger partial charge on any atom is 0.371 e. The quantitative estimate of drug-likeness (QED) is 0.838. The van der Waals surface area contributed by atoms with Crippen molar-refractivity contribution in [1.82, 2.24) is 0 Å². The van der Waals surface area contributed by atoms with E-state index >= 15 is 0 Å². The van der Waals surface area contributed by atoms with Gasteiger partial charge in [0.1, 0.15) is 5.76 Å². The number of carboxylic acid groups (broad SMARTS) is 1. The summed E-state index contributed by atoms with van der Waals surface area (Å²) >= 11 is 0. The van der Waals surface area contributed by atoms with Gasteiger partial charge in [-0.25, -0.2) is 4.79 Å². The van der Waals surface area contributed by atoms with Gasteiger partial charge in [0.25, 0.3) is 0 Å². The Labute approximate surface area is 93.3 Å². The third-order valence-corrected chi connectivity index (χ3v) is 2.69. The smallest absolute Gasteiger partial charge is 0.371 e. The molecular weight excluding hydrogens is 204 g/mol. The highest BCUT2D eigenvalue weighted by molar-refractivity contribution is 5.85. The summed E-state index contributed by atoms with van der Waals surface area (Å²) in [5.41, 5.74) is 3.20. The molecule has 1 aromatic carbocycles. The monoisotopic (exact) mass is 216 g/mol. The second-order valence-corrected chi connectivity index (χ2v) is 3.72. The second kappa shape index (κ2) is 3.85. The molecule has 3 nitrogen and oxygen atoms in total. The van der Waals surface area contributed by atoms with Crippen LogP contribution in [-0.2, 0) is 0 Å². The lowest BCUT2D eigenvalue weighted by atomic mass is 10.0. The van der Waals surface area contributed by atoms with Gasteiger partial charge in [-0.15, -0.1) is 0 Å². The largest absolute Gasteiger partial charge is 0.475 e. The zero-order chi connectivity index (χ0) is 11.7. The van der Waals surface area contributed by atoms with Crippen LogP contribution in [0, 0.1) is 13.8 Å². The van der Waals surface area contributed by atoms with Crippen molar-refractivity contribution >= 4 is 5.97 Å². The molecule has 0 radical (unpaired) electrons. The molecule has 16 heavy (non-hydrogen) atoms. The van der Waals surface area contributed by atoms with Crippen LogP contribution in [0.25, 0.3) is 11.3 Å². The van der Waals surface area contributed by atoms with E-state index in [0.717, 1.165) is 16.7 Å². The molecule has 2 rings (SSSR count). The van der Waals surface area contributed by atoms with Crippen LogP contribution in [0.15, 0.2) is 34.7 Å². The molecule has 1 N–H and O–H groups in total. The number of hydrogen-bond donors (Lipinski definition) is 1. The summed E-state index contributed by atoms with van der Waals surface area (Å²) in [5.74, 6) is -0.480. The van der Waals surface area contributed by atoms with Crippen molar-refractivity contribution in [1.29, 1.82) is 0 Å². The molecule has 0 aliphatic heterocycles. The highest BCUT2D eigenvalue weighted by Gasteiger charge is 2.12. The lowest BCUT2D eigenvalue weighted by Gasteiger charge is -2.05. The van der Waals surface area contributed by atoms with Crippen LogP contribution in [0.2, 0.25) is 0 Å². The number of rotatable bonds is 2. The number of carboxylic acids is 1. The maximum absolute atomic E-state index is 10.7. The molecule has 0 saturated carbocycles. The van der Waals surface area contributed by atoms with E-state index in [-0.39, 0.29) is 5.76 Å². The minimum Gasteiger partial charge on any atom is -0.475 e. The molecule has 3 heteroatoms. The van der Waals surface area contributed by atoms with Gasteiger partial charge in [-0.05, 0) is 37.1 Å². The van der Waals surface area contributed by atoms with Gasteiger partial charge in [0, 0.05) is 5.56 Å². The molecule has 2 aromatic rings. The van der Waals surface area contributed by atoms with E-state index in [1.54, 1.807) is 6.07 Å². The minimum absolute atomic E-state index is 0.0316. The second-order valence-electron chi connectivity index (χ2n) is 3.72. The average molecular weight is 216 g/mol. The highest BCUT2D eigenvalue weighted by atomic mass is 16.4. The summed E-state index contributed by atoms with van der Waals surface area (Å²) in [6.45, 7) is 4.01. The summed E-state index contributed by atoms with van der Waals surface area (Å²) in [7, 11) is 0. The van der Waals surface area contributed by atoms with E-state index in [1.807, 2.05) is 32.0 Å². The van der Waals surface area contributed by atoms with E-state index in [9.17, 15) is 4.79 Å². The predicted octanol–water partition coefficient (Wildman–Crippen LogP) is 3.26. The van der Waals surface area contributed by atoms with Crippen molar-refractivity contribution < 1.29 is 14.3 Å². The van der Waals surface area contributed by atoms with Crippen LogP contribution in [0.1, 0.15) is 21.7 Å². The zero-order valence-electron chi connectivity index (χ0n) is 9.15. The topological polar surface area (TPSA) is 50.4 Å². The Kier molecular flexibility index (Phi) is 2.52. The first-order valence-electron chi connectivity index (χ1n) is 4.99. The first kappa shape index (κ1) is 10.5. The van der Waals surface area contributed by atoms with Gasteiger partial charge in [-0.2, -0.15) is 0 Å². The van der Waals surface area contributed by atoms with Crippen molar-refractivity contribution in [2.45, 2.75) is 13.8 Å². The van der Waals surface area contributed by atoms with Crippen LogP contribution in [-0.4, -0.2) is 11.1 Å². The lowest BCUT2D eigenvalue weighted by molar-refractivity contribution is 0.0663. The molecule has 0 spiro atoms. The van der Waals surface area contributed by atoms with E-state index in [2.05, 4.69) is 0 Å². The predicted molar refractivity (Wildman–Crippen MR) is 60.6 cm³/mol. The fourth-order valence-electron chi connectivity index (χ4n) is 1.62. The Morgan fingerprint density at radius 1 is 1.19 bits per heavy atom. The fourth-order valence-corrected chi connectivity index (χ4v) is 1.62. The fraction of sp³-hybridized carbons (Fsp3) is 0.154. The Morgan fingerprint density at radius 3 is 2.56 bits per heavy atom. The molecule has 0 amide bonds. The molecular formula is C13H12O3. The molecule has 0 atom stereocenters. The van der Waals surface area contributed by atoms with Crippen molar-refractivity contribution in [2.24, 2.45) is 0 Å². The minimum atomic E-state index is -1.04. The Hall–Kier alpha value is -2.03. The molecule has 0 bridgehead atoms. The third-order valence-electron chi connectivity index (χ3n) is 2.69. The summed E-state index contributed by atoms with van der Waals surface area (Å²) in [6.07, 6.45) is 0. The van der Waals surface area contributed by atoms with Crippen LogP contribution in [0.3, 0.4) is 0 Å². The van der Waals surface area contributed by atoms with Crippen molar-refractivity contribution in [2.75, 3.05) is 0 Å². The maximum atomic E-state index is 10.7. The van der Waals surface area contributed by atoms with Gasteiger partial charge in [0.05, 0.1) is 0 Å². The molecule has 0 aliphatic carbocycles. The zero-order valence-corrected chi connectivity index (χ0v) is 9.15. The number of aromatic carboxylic acids is 1. The van der Waals surface area contributed by atoms with E-state index in [0.29, 0.717) is 5.76 Å². The van der Waals surface area contributed by atoms with Crippen molar-refractivity contribution in [3.05, 3.63) is 47.2 Å². The molecule has 0 saturated heterocycles. The molecule has 1 aromatic heterocycles. The number of carbonyl (C=O) groups is 1. The lowest BCUT2D eigenvalue weighted by Crippen LogP contribution is -1.91. The Balaban J connectivity index is 2.50. The number of benzene rings is 1. The first-order valence-corrected chi connectivity index (χ1v) is 4.99. The van der Waals surface area contributed by atoms with Gasteiger partial charge in [-0.1, -0.05) is 18.2 Å². The van der Waals surface area contributed by atoms with Crippen LogP contribution >= 0.6 is 0 Å². The van der Waals surface area contributed by atoms with Crippen LogP contribution in [0.5, 0.6) is 0 Å². The third kappa shape index (κ3) is 1.72. The molecule has 1 heterocycles. The highest BCUT2D eigenvalue weighted by Crippen LogP contribution is 2.27. The van der Waals surface area contributed by atoms with Gasteiger partial charge >= 0.3 is 5.97 Å². The number of hydrogen-bond acceptors (Lipinski definition) is 2. The number of furan rings is 1. The van der Waals surface area contributed by atoms with Gasteiger partial charge in [0.15, 0.2) is 0 Å². The summed E-state index contributed by atoms with van der Waals surface area (Å²) in [5, 5.41) is 8.78. The SMILES string of the molecule is Cc1cccc(-c2ccc(C(=O)O)o2)c1C. The van der Waals surface area contributed by atoms with E-state index < -0.39 is 5.97 Å². The Morgan fingerprint density at radius 2 is 1.94 bits per heavy atom. The molecule has 0 fully saturated rings. The van der Waals surface area contributed by atoms with Crippen LogP contribution < -0.4 is 0 Å². The van der Waals surface area contributed by atoms with E-state index in [4.69, 9.17) is 9.52 Å². The van der Waals surface area contributed by atoms with E-state index in [1.165, 1.54) is 6.07 Å². The summed E-state index contributed by atoms with van der Waals surface area (Å²) < 4.78 is 5.27. The van der Waals surface area contributed by atoms with Gasteiger partial charge in [0.2, 0.25) is 5.76 Å². The van der Waals surface area contributed by atoms with Gasteiger partial charge < -0.3 is 9.52 Å². The average Bonchev–Trinajstić information content (AvgIpc) is 2.71. The molecule has 82 valence electrons. The summed E-state index contributed by atoms with van der Waals surface area (Å²) in [6, 6.07) is 9.03. The standard InChI is InChI=1S/C13H12O3/c1-8-4-3-5-10(9(8)2)11-6-7-12(16-11)13(14)15/h3-7H,1-2H3,(H,14,15).